The number of hydrogen-bond acceptors (Lipinski definition) is 0. The molecular weight excluding hydrogens is 482 g/mol. The van der Waals surface area contributed by atoms with Gasteiger partial charge in [0.15, 0.2) is 0 Å². The van der Waals surface area contributed by atoms with E-state index in [1.807, 2.05) is 0 Å². The van der Waals surface area contributed by atoms with E-state index in [4.69, 9.17) is 0 Å². The molecular formula is C39H78N+. The van der Waals surface area contributed by atoms with Crippen LogP contribution >= 0.6 is 0 Å². The summed E-state index contributed by atoms with van der Waals surface area (Å²) >= 11 is 0. The monoisotopic (exact) mass is 561 g/mol. The highest BCUT2D eigenvalue weighted by atomic mass is 15.3. The summed E-state index contributed by atoms with van der Waals surface area (Å²) in [6.45, 7) is 5.73. The second kappa shape index (κ2) is 32.9. The van der Waals surface area contributed by atoms with Crippen LogP contribution in [0.4, 0.5) is 0 Å². The number of allylic oxidation sites excluding steroid dienone is 2. The van der Waals surface area contributed by atoms with Crippen LogP contribution in [0.5, 0.6) is 0 Å². The molecule has 0 fully saturated rings. The number of likely N-dealkylation sites (N-methyl/N-ethyl adjacent to an activating group) is 1. The summed E-state index contributed by atoms with van der Waals surface area (Å²) in [5.41, 5.74) is 0. The minimum absolute atomic E-state index is 0.980. The van der Waals surface area contributed by atoms with E-state index >= 15 is 0 Å². The van der Waals surface area contributed by atoms with Crippen molar-refractivity contribution in [3.05, 3.63) is 24.4 Å². The first kappa shape index (κ1) is 39.4. The molecule has 0 saturated carbocycles. The molecule has 0 aromatic rings. The molecule has 0 radical (unpaired) electrons. The lowest BCUT2D eigenvalue weighted by Gasteiger charge is -2.23. The van der Waals surface area contributed by atoms with Crippen molar-refractivity contribution in [3.63, 3.8) is 0 Å². The average Bonchev–Trinajstić information content (AvgIpc) is 2.94. The van der Waals surface area contributed by atoms with Gasteiger partial charge in [0.1, 0.15) is 6.54 Å². The van der Waals surface area contributed by atoms with E-state index < -0.39 is 0 Å². The summed E-state index contributed by atoms with van der Waals surface area (Å²) < 4.78 is 0.980. The molecule has 0 N–H and O–H groups in total. The van der Waals surface area contributed by atoms with Crippen molar-refractivity contribution in [3.8, 4) is 0 Å². The Morgan fingerprint density at radius 3 is 0.925 bits per heavy atom. The number of rotatable bonds is 33. The van der Waals surface area contributed by atoms with E-state index in [1.165, 1.54) is 193 Å². The Bertz CT molecular complexity index is 517. The van der Waals surface area contributed by atoms with Crippen molar-refractivity contribution in [1.29, 1.82) is 0 Å². The molecule has 0 aliphatic rings. The molecule has 0 saturated heterocycles. The van der Waals surface area contributed by atoms with Crippen LogP contribution in [0.25, 0.3) is 0 Å². The average molecular weight is 561 g/mol. The van der Waals surface area contributed by atoms with Gasteiger partial charge in [-0.1, -0.05) is 187 Å². The molecule has 0 heterocycles. The Morgan fingerprint density at radius 2 is 0.600 bits per heavy atom. The van der Waals surface area contributed by atoms with Gasteiger partial charge in [0.25, 0.3) is 0 Å². The fourth-order valence-electron chi connectivity index (χ4n) is 5.80. The summed E-state index contributed by atoms with van der Waals surface area (Å²) in [5.74, 6) is 0. The fourth-order valence-corrected chi connectivity index (χ4v) is 5.80. The lowest BCUT2D eigenvalue weighted by molar-refractivity contribution is -0.832. The molecule has 0 amide bonds. The molecule has 0 bridgehead atoms. The van der Waals surface area contributed by atoms with Gasteiger partial charge in [-0.3, -0.25) is 4.48 Å². The molecule has 0 aromatic carbocycles. The number of unbranched alkanes of at least 4 members (excludes halogenated alkanes) is 28. The second-order valence-corrected chi connectivity index (χ2v) is 13.6. The first-order chi connectivity index (χ1) is 19.6. The first-order valence-corrected chi connectivity index (χ1v) is 18.8. The number of hydrogen-bond donors (Lipinski definition) is 0. The summed E-state index contributed by atoms with van der Waals surface area (Å²) in [6, 6.07) is 0. The highest BCUT2D eigenvalue weighted by Gasteiger charge is 2.07. The van der Waals surface area contributed by atoms with Gasteiger partial charge in [-0.15, -0.1) is 0 Å². The molecule has 1 nitrogen and oxygen atoms in total. The predicted octanol–water partition coefficient (Wildman–Crippen LogP) is 13.9. The molecule has 0 spiro atoms. The van der Waals surface area contributed by atoms with E-state index in [2.05, 4.69) is 52.4 Å². The summed E-state index contributed by atoms with van der Waals surface area (Å²) in [7, 11) is 4.66. The molecule has 1 heteroatoms. The minimum atomic E-state index is 0.980. The summed E-state index contributed by atoms with van der Waals surface area (Å²) in [6.07, 6.45) is 52.6. The predicted molar refractivity (Wildman–Crippen MR) is 185 cm³/mol. The normalized spacial score (nSPS) is 12.4. The minimum Gasteiger partial charge on any atom is -0.299 e. The lowest BCUT2D eigenvalue weighted by Crippen LogP contribution is -2.33. The van der Waals surface area contributed by atoms with Gasteiger partial charge in [0, 0.05) is 0 Å². The smallest absolute Gasteiger partial charge is 0.101 e. The maximum atomic E-state index is 2.43. The third-order valence-corrected chi connectivity index (χ3v) is 8.70. The fraction of sp³-hybridized carbons (Fsp3) is 0.897. The van der Waals surface area contributed by atoms with E-state index in [0.717, 1.165) is 11.0 Å². The molecule has 0 atom stereocenters. The summed E-state index contributed by atoms with van der Waals surface area (Å²) in [5, 5.41) is 0. The van der Waals surface area contributed by atoms with Crippen LogP contribution in [-0.2, 0) is 0 Å². The van der Waals surface area contributed by atoms with Gasteiger partial charge in [-0.2, -0.15) is 0 Å². The molecule has 0 rings (SSSR count). The zero-order valence-electron chi connectivity index (χ0n) is 28.7. The molecule has 0 unspecified atom stereocenters. The maximum Gasteiger partial charge on any atom is 0.101 e. The van der Waals surface area contributed by atoms with Gasteiger partial charge in [-0.25, -0.2) is 0 Å². The lowest BCUT2D eigenvalue weighted by atomic mass is 10.0. The van der Waals surface area contributed by atoms with Gasteiger partial charge >= 0.3 is 0 Å². The van der Waals surface area contributed by atoms with Crippen LogP contribution in [-0.4, -0.2) is 25.1 Å². The molecule has 0 aliphatic heterocycles. The summed E-state index contributed by atoms with van der Waals surface area (Å²) in [4.78, 5) is 0. The molecule has 40 heavy (non-hydrogen) atoms. The largest absolute Gasteiger partial charge is 0.299 e. The number of nitrogens with zero attached hydrogens (tertiary/aromatic N) is 1. The third-order valence-electron chi connectivity index (χ3n) is 8.70. The van der Waals surface area contributed by atoms with E-state index in [9.17, 15) is 0 Å². The highest BCUT2D eigenvalue weighted by Crippen LogP contribution is 2.15. The van der Waals surface area contributed by atoms with E-state index in [-0.39, 0.29) is 0 Å². The standard InChI is InChI=1S/C39H78N/c1-5-7-9-11-13-15-17-19-21-23-25-27-29-31-33-35-37-39-40(3,4)38-36-34-32-30-28-26-24-22-20-18-16-14-12-10-8-6-2/h35-38H,5-34,39H2,1-4H3/q+1. The van der Waals surface area contributed by atoms with E-state index in [1.54, 1.807) is 0 Å². The van der Waals surface area contributed by atoms with Crippen molar-refractivity contribution in [2.45, 2.75) is 206 Å². The highest BCUT2D eigenvalue weighted by molar-refractivity contribution is 4.83. The Labute approximate surface area is 255 Å². The van der Waals surface area contributed by atoms with Crippen LogP contribution in [0.1, 0.15) is 206 Å². The Kier molecular flexibility index (Phi) is 32.5. The van der Waals surface area contributed by atoms with Gasteiger partial charge < -0.3 is 0 Å². The third kappa shape index (κ3) is 33.6. The molecule has 0 aromatic heterocycles. The van der Waals surface area contributed by atoms with Crippen molar-refractivity contribution in [2.75, 3.05) is 20.6 Å². The van der Waals surface area contributed by atoms with Gasteiger partial charge in [0.05, 0.1) is 20.3 Å². The zero-order chi connectivity index (χ0) is 29.2. The second-order valence-electron chi connectivity index (χ2n) is 13.6. The quantitative estimate of drug-likeness (QED) is 0.0425. The van der Waals surface area contributed by atoms with Crippen LogP contribution in [0.3, 0.4) is 0 Å². The Morgan fingerprint density at radius 1 is 0.325 bits per heavy atom. The SMILES string of the molecule is CCCCCCCCCCCCCCCCC=CC[N+](C)(C)C=CCCCCCCCCCCCCCCCC. The van der Waals surface area contributed by atoms with Crippen LogP contribution in [0, 0.1) is 0 Å². The van der Waals surface area contributed by atoms with Crippen LogP contribution in [0.15, 0.2) is 24.4 Å². The van der Waals surface area contributed by atoms with Crippen LogP contribution < -0.4 is 0 Å². The van der Waals surface area contributed by atoms with Crippen molar-refractivity contribution >= 4 is 0 Å². The first-order valence-electron chi connectivity index (χ1n) is 18.8. The van der Waals surface area contributed by atoms with E-state index in [0.29, 0.717) is 0 Å². The molecule has 238 valence electrons. The van der Waals surface area contributed by atoms with Crippen molar-refractivity contribution in [2.24, 2.45) is 0 Å². The van der Waals surface area contributed by atoms with Crippen LogP contribution in [0.2, 0.25) is 0 Å². The Hall–Kier alpha value is -0.560. The van der Waals surface area contributed by atoms with Crippen molar-refractivity contribution in [1.82, 2.24) is 0 Å². The maximum absolute atomic E-state index is 2.43. The van der Waals surface area contributed by atoms with Gasteiger partial charge in [-0.05, 0) is 37.8 Å². The number of quaternary nitrogens is 1. The topological polar surface area (TPSA) is 0 Å². The Balaban J connectivity index is 3.41. The van der Waals surface area contributed by atoms with Gasteiger partial charge in [0.2, 0.25) is 0 Å². The zero-order valence-corrected chi connectivity index (χ0v) is 28.7. The van der Waals surface area contributed by atoms with Crippen molar-refractivity contribution < 1.29 is 4.48 Å². The molecule has 0 aliphatic carbocycles.